The summed E-state index contributed by atoms with van der Waals surface area (Å²) in [4.78, 5) is 23.9. The van der Waals surface area contributed by atoms with Gasteiger partial charge < -0.3 is 18.9 Å². The molecule has 2 aromatic rings. The minimum Gasteiger partial charge on any atom is -0.497 e. The molecule has 1 aliphatic rings. The normalized spacial score (nSPS) is 14.0. The van der Waals surface area contributed by atoms with Gasteiger partial charge in [0.15, 0.2) is 5.76 Å². The van der Waals surface area contributed by atoms with E-state index < -0.39 is 0 Å². The average Bonchev–Trinajstić information content (AvgIpc) is 2.96. The molecule has 26 heavy (non-hydrogen) atoms. The molecule has 0 spiro atoms. The van der Waals surface area contributed by atoms with Gasteiger partial charge in [0.2, 0.25) is 5.78 Å². The number of allylic oxidation sites excluding steroid dienone is 1. The first-order valence-electron chi connectivity index (χ1n) is 8.06. The molecule has 0 bridgehead atoms. The minimum absolute atomic E-state index is 0.175. The van der Waals surface area contributed by atoms with Crippen molar-refractivity contribution in [3.8, 4) is 23.0 Å². The molecule has 0 amide bonds. The van der Waals surface area contributed by atoms with Crippen molar-refractivity contribution in [2.45, 2.75) is 13.3 Å². The fourth-order valence-electron chi connectivity index (χ4n) is 2.50. The summed E-state index contributed by atoms with van der Waals surface area (Å²) >= 11 is 0. The van der Waals surface area contributed by atoms with E-state index >= 15 is 0 Å². The van der Waals surface area contributed by atoms with Gasteiger partial charge in [-0.05, 0) is 35.9 Å². The lowest BCUT2D eigenvalue weighted by Gasteiger charge is -2.06. The highest BCUT2D eigenvalue weighted by molar-refractivity contribution is 6.14. The maximum absolute atomic E-state index is 12.5. The van der Waals surface area contributed by atoms with Crippen LogP contribution in [0.1, 0.15) is 29.3 Å². The summed E-state index contributed by atoms with van der Waals surface area (Å²) in [5.74, 6) is 1.49. The van der Waals surface area contributed by atoms with Crippen LogP contribution in [0.3, 0.4) is 0 Å². The second-order valence-electron chi connectivity index (χ2n) is 5.57. The van der Waals surface area contributed by atoms with Gasteiger partial charge in [0.25, 0.3) is 0 Å². The Morgan fingerprint density at radius 1 is 1.04 bits per heavy atom. The van der Waals surface area contributed by atoms with Crippen LogP contribution in [0.25, 0.3) is 6.08 Å². The van der Waals surface area contributed by atoms with Gasteiger partial charge in [-0.3, -0.25) is 9.59 Å². The average molecular weight is 354 g/mol. The fourth-order valence-corrected chi connectivity index (χ4v) is 2.50. The molecule has 0 radical (unpaired) electrons. The first-order chi connectivity index (χ1) is 12.5. The number of methoxy groups -OCH3 is 2. The Morgan fingerprint density at radius 2 is 1.73 bits per heavy atom. The molecule has 2 aromatic carbocycles. The molecular formula is C20H18O6. The lowest BCUT2D eigenvalue weighted by atomic mass is 10.1. The van der Waals surface area contributed by atoms with E-state index in [0.717, 1.165) is 0 Å². The van der Waals surface area contributed by atoms with Crippen molar-refractivity contribution in [1.29, 1.82) is 0 Å². The Balaban J connectivity index is 1.90. The van der Waals surface area contributed by atoms with E-state index in [2.05, 4.69) is 0 Å². The van der Waals surface area contributed by atoms with Gasteiger partial charge in [-0.25, -0.2) is 0 Å². The molecule has 0 saturated carbocycles. The van der Waals surface area contributed by atoms with Gasteiger partial charge >= 0.3 is 5.97 Å². The van der Waals surface area contributed by atoms with E-state index in [1.54, 1.807) is 57.6 Å². The quantitative estimate of drug-likeness (QED) is 0.464. The van der Waals surface area contributed by atoms with Crippen LogP contribution in [-0.2, 0) is 4.79 Å². The smallest absolute Gasteiger partial charge is 0.310 e. The van der Waals surface area contributed by atoms with Crippen molar-refractivity contribution < 1.29 is 28.5 Å². The standard InChI is InChI=1S/C20H18O6/c1-4-19(21)25-13-5-6-16-17(11-13)26-18(20(16)22)9-12-7-14(23-2)10-15(8-12)24-3/h5-11H,4H2,1-3H3. The van der Waals surface area contributed by atoms with Crippen molar-refractivity contribution >= 4 is 17.8 Å². The number of carbonyl (C=O) groups is 2. The molecule has 0 fully saturated rings. The van der Waals surface area contributed by atoms with E-state index in [1.165, 1.54) is 6.07 Å². The second kappa shape index (κ2) is 7.31. The summed E-state index contributed by atoms with van der Waals surface area (Å²) in [5, 5.41) is 0. The number of ether oxygens (including phenoxy) is 4. The van der Waals surface area contributed by atoms with Crippen LogP contribution in [0.2, 0.25) is 0 Å². The number of rotatable bonds is 5. The van der Waals surface area contributed by atoms with Gasteiger partial charge in [-0.1, -0.05) is 6.92 Å². The highest BCUT2D eigenvalue weighted by Crippen LogP contribution is 2.35. The molecule has 0 unspecified atom stereocenters. The van der Waals surface area contributed by atoms with Crippen LogP contribution in [0.15, 0.2) is 42.2 Å². The second-order valence-corrected chi connectivity index (χ2v) is 5.57. The summed E-state index contributed by atoms with van der Waals surface area (Å²) < 4.78 is 21.3. The third-order valence-electron chi connectivity index (χ3n) is 3.83. The summed E-state index contributed by atoms with van der Waals surface area (Å²) in [6.45, 7) is 1.71. The minimum atomic E-state index is -0.353. The Bertz CT molecular complexity index is 875. The molecule has 1 heterocycles. The number of hydrogen-bond acceptors (Lipinski definition) is 6. The Labute approximate surface area is 150 Å². The van der Waals surface area contributed by atoms with Gasteiger partial charge in [0, 0.05) is 18.6 Å². The van der Waals surface area contributed by atoms with Gasteiger partial charge in [-0.2, -0.15) is 0 Å². The molecule has 0 aromatic heterocycles. The van der Waals surface area contributed by atoms with Crippen molar-refractivity contribution in [2.24, 2.45) is 0 Å². The number of hydrogen-bond donors (Lipinski definition) is 0. The van der Waals surface area contributed by atoms with Crippen molar-refractivity contribution in [3.05, 3.63) is 53.3 Å². The SMILES string of the molecule is CCC(=O)Oc1ccc2c(c1)OC(=Cc1cc(OC)cc(OC)c1)C2=O. The molecule has 0 aliphatic carbocycles. The number of Topliss-reactive ketones (excluding diaryl/α,β-unsaturated/α-hetero) is 1. The molecule has 6 heteroatoms. The van der Waals surface area contributed by atoms with Gasteiger partial charge in [0.1, 0.15) is 23.0 Å². The van der Waals surface area contributed by atoms with Crippen LogP contribution in [0, 0.1) is 0 Å². The number of ketones is 1. The summed E-state index contributed by atoms with van der Waals surface area (Å²) in [5.41, 5.74) is 1.12. The Morgan fingerprint density at radius 3 is 2.35 bits per heavy atom. The van der Waals surface area contributed by atoms with Crippen LogP contribution in [0.5, 0.6) is 23.0 Å². The van der Waals surface area contributed by atoms with Crippen LogP contribution >= 0.6 is 0 Å². The zero-order chi connectivity index (χ0) is 18.7. The first kappa shape index (κ1) is 17.5. The highest BCUT2D eigenvalue weighted by atomic mass is 16.5. The molecule has 0 saturated heterocycles. The van der Waals surface area contributed by atoms with E-state index in [4.69, 9.17) is 18.9 Å². The van der Waals surface area contributed by atoms with Crippen molar-refractivity contribution in [2.75, 3.05) is 14.2 Å². The zero-order valence-electron chi connectivity index (χ0n) is 14.7. The van der Waals surface area contributed by atoms with Crippen molar-refractivity contribution in [3.63, 3.8) is 0 Å². The summed E-state index contributed by atoms with van der Waals surface area (Å²) in [6.07, 6.45) is 1.88. The molecule has 134 valence electrons. The Kier molecular flexibility index (Phi) is 4.93. The van der Waals surface area contributed by atoms with E-state index in [1.807, 2.05) is 0 Å². The van der Waals surface area contributed by atoms with E-state index in [0.29, 0.717) is 34.1 Å². The number of fused-ring (bicyclic) bond motifs is 1. The molecule has 0 N–H and O–H groups in total. The number of carbonyl (C=O) groups excluding carboxylic acids is 2. The topological polar surface area (TPSA) is 71.1 Å². The van der Waals surface area contributed by atoms with Crippen LogP contribution in [-0.4, -0.2) is 26.0 Å². The van der Waals surface area contributed by atoms with Gasteiger partial charge in [-0.15, -0.1) is 0 Å². The lowest BCUT2D eigenvalue weighted by molar-refractivity contribution is -0.134. The monoisotopic (exact) mass is 354 g/mol. The molecule has 3 rings (SSSR count). The largest absolute Gasteiger partial charge is 0.497 e. The predicted octanol–water partition coefficient (Wildman–Crippen LogP) is 3.64. The maximum atomic E-state index is 12.5. The Hall–Kier alpha value is -3.28. The maximum Gasteiger partial charge on any atom is 0.310 e. The molecular weight excluding hydrogens is 336 g/mol. The summed E-state index contributed by atoms with van der Waals surface area (Å²) in [7, 11) is 3.11. The first-order valence-corrected chi connectivity index (χ1v) is 8.06. The fraction of sp³-hybridized carbons (Fsp3) is 0.200. The molecule has 1 aliphatic heterocycles. The van der Waals surface area contributed by atoms with Gasteiger partial charge in [0.05, 0.1) is 19.8 Å². The van der Waals surface area contributed by atoms with E-state index in [9.17, 15) is 9.59 Å². The number of esters is 1. The molecule has 6 nitrogen and oxygen atoms in total. The number of benzene rings is 2. The van der Waals surface area contributed by atoms with E-state index in [-0.39, 0.29) is 23.9 Å². The molecule has 0 atom stereocenters. The van der Waals surface area contributed by atoms with Crippen LogP contribution in [0.4, 0.5) is 0 Å². The van der Waals surface area contributed by atoms with Crippen LogP contribution < -0.4 is 18.9 Å². The third kappa shape index (κ3) is 3.54. The highest BCUT2D eigenvalue weighted by Gasteiger charge is 2.28. The predicted molar refractivity (Wildman–Crippen MR) is 94.8 cm³/mol. The summed E-state index contributed by atoms with van der Waals surface area (Å²) in [6, 6.07) is 9.97. The van der Waals surface area contributed by atoms with Crippen molar-refractivity contribution in [1.82, 2.24) is 0 Å². The third-order valence-corrected chi connectivity index (χ3v) is 3.83. The zero-order valence-corrected chi connectivity index (χ0v) is 14.7. The lowest BCUT2D eigenvalue weighted by Crippen LogP contribution is -2.05.